The number of nitrogens with zero attached hydrogens (tertiary/aromatic N) is 3. The normalized spacial score (nSPS) is 10.3. The molecule has 0 fully saturated rings. The molecule has 11 heteroatoms. The van der Waals surface area contributed by atoms with Crippen LogP contribution in [0.3, 0.4) is 0 Å². The van der Waals surface area contributed by atoms with Gasteiger partial charge in [-0.3, -0.25) is 24.5 Å². The van der Waals surface area contributed by atoms with E-state index in [4.69, 9.17) is 4.74 Å². The van der Waals surface area contributed by atoms with Crippen molar-refractivity contribution < 1.29 is 24.0 Å². The minimum atomic E-state index is -0.631. The number of carbonyl (C=O) groups excluding carboxylic acids is 3. The summed E-state index contributed by atoms with van der Waals surface area (Å²) >= 11 is 1.24. The predicted molar refractivity (Wildman–Crippen MR) is 95.5 cm³/mol. The molecule has 27 heavy (non-hydrogen) atoms. The van der Waals surface area contributed by atoms with Gasteiger partial charge in [-0.15, -0.1) is 10.2 Å². The number of rotatable bonds is 9. The van der Waals surface area contributed by atoms with Gasteiger partial charge in [0.05, 0.1) is 4.92 Å². The summed E-state index contributed by atoms with van der Waals surface area (Å²) < 4.78 is 4.85. The number of carbonyl (C=O) groups is 3. The van der Waals surface area contributed by atoms with E-state index in [1.54, 1.807) is 6.92 Å². The van der Waals surface area contributed by atoms with E-state index in [-0.39, 0.29) is 36.4 Å². The average Bonchev–Trinajstić information content (AvgIpc) is 3.04. The van der Waals surface area contributed by atoms with Gasteiger partial charge in [-0.1, -0.05) is 23.5 Å². The molecule has 1 amide bonds. The summed E-state index contributed by atoms with van der Waals surface area (Å²) in [5.41, 5.74) is -0.132. The molecule has 0 saturated heterocycles. The molecule has 2 aromatic rings. The van der Waals surface area contributed by atoms with Gasteiger partial charge in [-0.2, -0.15) is 0 Å². The van der Waals surface area contributed by atoms with Gasteiger partial charge in [0.2, 0.25) is 16.8 Å². The van der Waals surface area contributed by atoms with Crippen molar-refractivity contribution in [2.24, 2.45) is 0 Å². The molecular formula is C16H16N4O6S. The van der Waals surface area contributed by atoms with Gasteiger partial charge in [0.15, 0.2) is 6.61 Å². The maximum absolute atomic E-state index is 11.9. The van der Waals surface area contributed by atoms with Crippen molar-refractivity contribution >= 4 is 39.8 Å². The summed E-state index contributed by atoms with van der Waals surface area (Å²) in [5, 5.41) is 21.9. The highest BCUT2D eigenvalue weighted by Gasteiger charge is 2.14. The van der Waals surface area contributed by atoms with Crippen molar-refractivity contribution in [3.05, 3.63) is 45.0 Å². The monoisotopic (exact) mass is 392 g/mol. The van der Waals surface area contributed by atoms with Crippen LogP contribution in [0.4, 0.5) is 10.8 Å². The Hall–Kier alpha value is -3.21. The zero-order chi connectivity index (χ0) is 19.8. The van der Waals surface area contributed by atoms with Gasteiger partial charge in [-0.05, 0) is 13.3 Å². The molecule has 1 aromatic heterocycles. The molecule has 1 N–H and O–H groups in total. The molecule has 0 spiro atoms. The molecule has 0 aliphatic rings. The highest BCUT2D eigenvalue weighted by Crippen LogP contribution is 2.15. The van der Waals surface area contributed by atoms with Crippen LogP contribution >= 0.6 is 11.3 Å². The number of aromatic nitrogens is 2. The number of amides is 1. The summed E-state index contributed by atoms with van der Waals surface area (Å²) in [4.78, 5) is 45.4. The van der Waals surface area contributed by atoms with E-state index < -0.39 is 23.3 Å². The number of esters is 1. The third kappa shape index (κ3) is 6.55. The first kappa shape index (κ1) is 20.1. The summed E-state index contributed by atoms with van der Waals surface area (Å²) in [7, 11) is 0. The van der Waals surface area contributed by atoms with Crippen LogP contribution in [0.2, 0.25) is 0 Å². The molecule has 1 aromatic carbocycles. The smallest absolute Gasteiger partial charge is 0.306 e. The number of ketones is 1. The molecule has 0 radical (unpaired) electrons. The molecule has 0 unspecified atom stereocenters. The average molecular weight is 392 g/mol. The van der Waals surface area contributed by atoms with Crippen molar-refractivity contribution in [3.63, 3.8) is 0 Å². The Bertz CT molecular complexity index is 866. The zero-order valence-corrected chi connectivity index (χ0v) is 15.2. The molecule has 0 aliphatic carbocycles. The minimum absolute atomic E-state index is 0.0369. The Kier molecular flexibility index (Phi) is 7.06. The highest BCUT2D eigenvalue weighted by molar-refractivity contribution is 7.15. The number of hydrogen-bond acceptors (Lipinski definition) is 9. The molecule has 142 valence electrons. The fraction of sp³-hybridized carbons (Fsp3) is 0.312. The van der Waals surface area contributed by atoms with Crippen LogP contribution in [0.15, 0.2) is 24.3 Å². The molecule has 0 atom stereocenters. The number of ether oxygens (including phenoxy) is 1. The first-order valence-corrected chi connectivity index (χ1v) is 8.70. The lowest BCUT2D eigenvalue weighted by Crippen LogP contribution is -2.15. The van der Waals surface area contributed by atoms with E-state index in [1.165, 1.54) is 29.5 Å². The Labute approximate surface area is 157 Å². The summed E-state index contributed by atoms with van der Waals surface area (Å²) in [6.07, 6.45) is 0.296. The Morgan fingerprint density at radius 1 is 1.26 bits per heavy atom. The van der Waals surface area contributed by atoms with Crippen molar-refractivity contribution in [1.82, 2.24) is 10.2 Å². The fourth-order valence-corrected chi connectivity index (χ4v) is 2.62. The molecule has 0 bridgehead atoms. The van der Waals surface area contributed by atoms with E-state index in [0.717, 1.165) is 11.1 Å². The zero-order valence-electron chi connectivity index (χ0n) is 14.3. The molecule has 0 aliphatic heterocycles. The minimum Gasteiger partial charge on any atom is -0.457 e. The van der Waals surface area contributed by atoms with Crippen molar-refractivity contribution in [3.8, 4) is 0 Å². The SMILES string of the molecule is Cc1nnc(NC(=O)CCCC(=O)OCC(=O)c2cccc([N+](=O)[O-])c2)s1. The van der Waals surface area contributed by atoms with E-state index >= 15 is 0 Å². The largest absolute Gasteiger partial charge is 0.457 e. The molecule has 10 nitrogen and oxygen atoms in total. The van der Waals surface area contributed by atoms with Gasteiger partial charge in [0.25, 0.3) is 5.69 Å². The van der Waals surface area contributed by atoms with Crippen molar-refractivity contribution in [2.45, 2.75) is 26.2 Å². The number of nitrogens with one attached hydrogen (secondary N) is 1. The number of anilines is 1. The third-order valence-electron chi connectivity index (χ3n) is 3.30. The summed E-state index contributed by atoms with van der Waals surface area (Å²) in [6.45, 7) is 1.24. The van der Waals surface area contributed by atoms with E-state index in [2.05, 4.69) is 15.5 Å². The van der Waals surface area contributed by atoms with Crippen LogP contribution in [0.1, 0.15) is 34.6 Å². The van der Waals surface area contributed by atoms with E-state index in [9.17, 15) is 24.5 Å². The van der Waals surface area contributed by atoms with Gasteiger partial charge in [0.1, 0.15) is 5.01 Å². The number of nitro benzene ring substituents is 1. The third-order valence-corrected chi connectivity index (χ3v) is 4.05. The number of non-ortho nitro benzene ring substituents is 1. The Balaban J connectivity index is 1.69. The lowest BCUT2D eigenvalue weighted by atomic mass is 10.1. The predicted octanol–water partition coefficient (Wildman–Crippen LogP) is 2.29. The van der Waals surface area contributed by atoms with Crippen LogP contribution in [-0.4, -0.2) is 39.4 Å². The second-order valence-corrected chi connectivity index (χ2v) is 6.60. The molecule has 0 saturated carbocycles. The number of nitro groups is 1. The molecule has 2 rings (SSSR count). The maximum atomic E-state index is 11.9. The molecular weight excluding hydrogens is 376 g/mol. The van der Waals surface area contributed by atoms with Crippen molar-refractivity contribution in [1.29, 1.82) is 0 Å². The Morgan fingerprint density at radius 3 is 2.70 bits per heavy atom. The number of benzene rings is 1. The highest BCUT2D eigenvalue weighted by atomic mass is 32.1. The number of Topliss-reactive ketones (excluding diaryl/α,β-unsaturated/α-hetero) is 1. The van der Waals surface area contributed by atoms with E-state index in [0.29, 0.717) is 5.13 Å². The Morgan fingerprint density at radius 2 is 2.04 bits per heavy atom. The first-order chi connectivity index (χ1) is 12.8. The van der Waals surface area contributed by atoms with Gasteiger partial charge in [-0.25, -0.2) is 0 Å². The lowest BCUT2D eigenvalue weighted by Gasteiger charge is -2.05. The van der Waals surface area contributed by atoms with Crippen LogP contribution in [-0.2, 0) is 14.3 Å². The molecule has 1 heterocycles. The van der Waals surface area contributed by atoms with E-state index in [1.807, 2.05) is 0 Å². The summed E-state index contributed by atoms with van der Waals surface area (Å²) in [6, 6.07) is 5.17. The maximum Gasteiger partial charge on any atom is 0.306 e. The van der Waals surface area contributed by atoms with Crippen LogP contribution in [0, 0.1) is 17.0 Å². The van der Waals surface area contributed by atoms with Gasteiger partial charge in [0, 0.05) is 30.5 Å². The fourth-order valence-electron chi connectivity index (χ4n) is 2.02. The summed E-state index contributed by atoms with van der Waals surface area (Å²) in [5.74, 6) is -1.48. The van der Waals surface area contributed by atoms with Gasteiger partial charge >= 0.3 is 5.97 Å². The first-order valence-electron chi connectivity index (χ1n) is 7.88. The second-order valence-electron chi connectivity index (χ2n) is 5.42. The quantitative estimate of drug-likeness (QED) is 0.296. The van der Waals surface area contributed by atoms with Crippen LogP contribution < -0.4 is 5.32 Å². The van der Waals surface area contributed by atoms with Gasteiger partial charge < -0.3 is 10.1 Å². The number of hydrogen-bond donors (Lipinski definition) is 1. The van der Waals surface area contributed by atoms with Crippen LogP contribution in [0.5, 0.6) is 0 Å². The topological polar surface area (TPSA) is 141 Å². The second kappa shape index (κ2) is 9.48. The van der Waals surface area contributed by atoms with Crippen LogP contribution in [0.25, 0.3) is 0 Å². The lowest BCUT2D eigenvalue weighted by molar-refractivity contribution is -0.384. The number of aryl methyl sites for hydroxylation is 1. The standard InChI is InChI=1S/C16H16N4O6S/c1-10-18-19-16(27-10)17-14(22)6-3-7-15(23)26-9-13(21)11-4-2-5-12(8-11)20(24)25/h2,4-5,8H,3,6-7,9H2,1H3,(H,17,19,22). The van der Waals surface area contributed by atoms with Crippen molar-refractivity contribution in [2.75, 3.05) is 11.9 Å².